The quantitative estimate of drug-likeness (QED) is 0.630. The molecule has 0 bridgehead atoms. The van der Waals surface area contributed by atoms with Crippen molar-refractivity contribution in [1.82, 2.24) is 20.2 Å². The fraction of sp³-hybridized carbons (Fsp3) is 0.444. The van der Waals surface area contributed by atoms with Gasteiger partial charge >= 0.3 is 0 Å². The van der Waals surface area contributed by atoms with Gasteiger partial charge in [0, 0.05) is 55.2 Å². The number of H-pyrrole nitrogens is 1. The van der Waals surface area contributed by atoms with Gasteiger partial charge in [0.1, 0.15) is 5.69 Å². The van der Waals surface area contributed by atoms with Crippen LogP contribution in [-0.4, -0.2) is 53.0 Å². The zero-order chi connectivity index (χ0) is 23.4. The molecule has 176 valence electrons. The van der Waals surface area contributed by atoms with Gasteiger partial charge in [-0.3, -0.25) is 14.5 Å². The lowest BCUT2D eigenvalue weighted by Crippen LogP contribution is -2.64. The van der Waals surface area contributed by atoms with E-state index in [9.17, 15) is 9.59 Å². The van der Waals surface area contributed by atoms with Gasteiger partial charge in [-0.25, -0.2) is 4.98 Å². The lowest BCUT2D eigenvalue weighted by atomic mass is 9.81. The number of hydrogen-bond donors (Lipinski definition) is 2. The van der Waals surface area contributed by atoms with Crippen LogP contribution >= 0.6 is 0 Å². The summed E-state index contributed by atoms with van der Waals surface area (Å²) < 4.78 is 0. The van der Waals surface area contributed by atoms with Gasteiger partial charge in [0.25, 0.3) is 11.5 Å². The first-order valence-corrected chi connectivity index (χ1v) is 12.4. The first kappa shape index (κ1) is 21.4. The van der Waals surface area contributed by atoms with E-state index in [1.54, 1.807) is 7.05 Å². The minimum Gasteiger partial charge on any atom is -0.364 e. The van der Waals surface area contributed by atoms with E-state index in [1.165, 1.54) is 29.4 Å². The summed E-state index contributed by atoms with van der Waals surface area (Å²) in [5, 5.41) is 3.86. The van der Waals surface area contributed by atoms with Crippen LogP contribution in [0.4, 0.5) is 5.69 Å². The van der Waals surface area contributed by atoms with Crippen molar-refractivity contribution in [3.05, 3.63) is 68.8 Å². The topological polar surface area (TPSA) is 81.3 Å². The van der Waals surface area contributed by atoms with Gasteiger partial charge in [-0.1, -0.05) is 12.1 Å². The van der Waals surface area contributed by atoms with E-state index in [-0.39, 0.29) is 11.5 Å². The van der Waals surface area contributed by atoms with Crippen molar-refractivity contribution in [2.45, 2.75) is 57.7 Å². The van der Waals surface area contributed by atoms with Gasteiger partial charge in [-0.05, 0) is 68.4 Å². The number of carbonyl (C=O) groups is 1. The average Bonchev–Trinajstić information content (AvgIpc) is 3.30. The molecule has 3 aromatic rings. The van der Waals surface area contributed by atoms with Crippen LogP contribution in [-0.2, 0) is 19.4 Å². The van der Waals surface area contributed by atoms with Crippen molar-refractivity contribution in [3.63, 3.8) is 0 Å². The molecular formula is C27H31N5O2. The van der Waals surface area contributed by atoms with E-state index in [2.05, 4.69) is 49.4 Å². The summed E-state index contributed by atoms with van der Waals surface area (Å²) >= 11 is 0. The van der Waals surface area contributed by atoms with E-state index in [0.29, 0.717) is 17.8 Å². The Morgan fingerprint density at radius 2 is 1.94 bits per heavy atom. The van der Waals surface area contributed by atoms with Crippen LogP contribution in [0.5, 0.6) is 0 Å². The minimum absolute atomic E-state index is 0.0937. The van der Waals surface area contributed by atoms with Crippen LogP contribution in [0.25, 0.3) is 10.9 Å². The Morgan fingerprint density at radius 1 is 1.12 bits per heavy atom. The van der Waals surface area contributed by atoms with E-state index in [1.807, 2.05) is 13.0 Å². The Balaban J connectivity index is 1.21. The smallest absolute Gasteiger partial charge is 0.269 e. The Morgan fingerprint density at radius 3 is 2.71 bits per heavy atom. The molecule has 2 N–H and O–H groups in total. The molecule has 2 fully saturated rings. The normalized spacial score (nSPS) is 21.8. The second-order valence-electron chi connectivity index (χ2n) is 9.90. The van der Waals surface area contributed by atoms with Gasteiger partial charge in [-0.15, -0.1) is 0 Å². The molecule has 6 rings (SSSR count). The summed E-state index contributed by atoms with van der Waals surface area (Å²) in [5.74, 6) is -0.150. The average molecular weight is 458 g/mol. The molecule has 2 aliphatic carbocycles. The number of pyridine rings is 2. The third kappa shape index (κ3) is 3.41. The van der Waals surface area contributed by atoms with Crippen LogP contribution < -0.4 is 15.8 Å². The van der Waals surface area contributed by atoms with E-state index in [0.717, 1.165) is 61.4 Å². The van der Waals surface area contributed by atoms with E-state index in [4.69, 9.17) is 0 Å². The third-order valence-corrected chi connectivity index (χ3v) is 8.06. The first-order chi connectivity index (χ1) is 16.5. The molecule has 2 atom stereocenters. The van der Waals surface area contributed by atoms with Crippen molar-refractivity contribution in [2.24, 2.45) is 0 Å². The zero-order valence-electron chi connectivity index (χ0n) is 19.9. The van der Waals surface area contributed by atoms with E-state index >= 15 is 0 Å². The molecule has 2 unspecified atom stereocenters. The standard InChI is InChI=1S/C27H31N5O2/c1-16-23(9-8-21(29-16)27(34)28-2)32-13-12-31(24-10-11-25(24)32)15-17-6-7-19-18-4-3-5-20(18)26(33)30-22(19)14-17/h6-9,14,24-25H,3-5,10-13,15H2,1-2H3,(H,28,34)(H,30,33). The maximum absolute atomic E-state index is 12.5. The van der Waals surface area contributed by atoms with Gasteiger partial charge < -0.3 is 15.2 Å². The summed E-state index contributed by atoms with van der Waals surface area (Å²) in [6.45, 7) is 4.82. The Bertz CT molecular complexity index is 1350. The fourth-order valence-electron chi connectivity index (χ4n) is 6.21. The molecule has 1 saturated heterocycles. The molecule has 7 heteroatoms. The molecule has 1 amide bonds. The molecule has 7 nitrogen and oxygen atoms in total. The molecule has 34 heavy (non-hydrogen) atoms. The number of aryl methyl sites for hydroxylation is 2. The summed E-state index contributed by atoms with van der Waals surface area (Å²) in [7, 11) is 1.63. The van der Waals surface area contributed by atoms with Crippen LogP contribution in [0.15, 0.2) is 35.1 Å². The predicted octanol–water partition coefficient (Wildman–Crippen LogP) is 2.93. The maximum atomic E-state index is 12.5. The number of hydrogen-bond acceptors (Lipinski definition) is 5. The maximum Gasteiger partial charge on any atom is 0.269 e. The number of carbonyl (C=O) groups excluding carboxylic acids is 1. The third-order valence-electron chi connectivity index (χ3n) is 8.06. The lowest BCUT2D eigenvalue weighted by molar-refractivity contribution is 0.0658. The highest BCUT2D eigenvalue weighted by molar-refractivity contribution is 5.92. The summed E-state index contributed by atoms with van der Waals surface area (Å²) in [6, 6.07) is 11.5. The highest BCUT2D eigenvalue weighted by atomic mass is 16.1. The number of amides is 1. The summed E-state index contributed by atoms with van der Waals surface area (Å²) in [5.41, 5.74) is 7.08. The van der Waals surface area contributed by atoms with Crippen LogP contribution in [0.3, 0.4) is 0 Å². The van der Waals surface area contributed by atoms with Crippen molar-refractivity contribution in [1.29, 1.82) is 0 Å². The molecule has 1 aromatic carbocycles. The fourth-order valence-corrected chi connectivity index (χ4v) is 6.21. The van der Waals surface area contributed by atoms with Crippen LogP contribution in [0.2, 0.25) is 0 Å². The molecule has 0 radical (unpaired) electrons. The number of rotatable bonds is 4. The second-order valence-corrected chi connectivity index (χ2v) is 9.90. The number of benzene rings is 1. The number of anilines is 1. The highest BCUT2D eigenvalue weighted by Crippen LogP contribution is 2.38. The van der Waals surface area contributed by atoms with Crippen molar-refractivity contribution in [2.75, 3.05) is 25.0 Å². The second kappa shape index (κ2) is 8.24. The van der Waals surface area contributed by atoms with Crippen molar-refractivity contribution in [3.8, 4) is 0 Å². The number of piperazine rings is 1. The van der Waals surface area contributed by atoms with Crippen molar-refractivity contribution >= 4 is 22.5 Å². The molecule has 1 saturated carbocycles. The predicted molar refractivity (Wildman–Crippen MR) is 134 cm³/mol. The van der Waals surface area contributed by atoms with Crippen LogP contribution in [0, 0.1) is 6.92 Å². The number of nitrogens with zero attached hydrogens (tertiary/aromatic N) is 3. The molecule has 0 spiro atoms. The lowest BCUT2D eigenvalue weighted by Gasteiger charge is -2.55. The number of fused-ring (bicyclic) bond motifs is 4. The molecular weight excluding hydrogens is 426 g/mol. The Labute approximate surface area is 199 Å². The minimum atomic E-state index is -0.150. The number of aromatic nitrogens is 2. The summed E-state index contributed by atoms with van der Waals surface area (Å²) in [4.78, 5) is 37.2. The van der Waals surface area contributed by atoms with Gasteiger partial charge in [0.15, 0.2) is 0 Å². The molecule has 3 heterocycles. The molecule has 3 aliphatic rings. The van der Waals surface area contributed by atoms with Gasteiger partial charge in [0.2, 0.25) is 0 Å². The largest absolute Gasteiger partial charge is 0.364 e. The SMILES string of the molecule is CNC(=O)c1ccc(N2CCN(Cc3ccc4c5c(c(=O)[nH]c4c3)CCC5)C3CCC32)c(C)n1. The van der Waals surface area contributed by atoms with Gasteiger partial charge in [-0.2, -0.15) is 0 Å². The highest BCUT2D eigenvalue weighted by Gasteiger charge is 2.43. The Hall–Kier alpha value is -3.19. The molecule has 1 aliphatic heterocycles. The first-order valence-electron chi connectivity index (χ1n) is 12.4. The monoisotopic (exact) mass is 457 g/mol. The number of nitrogens with one attached hydrogen (secondary N) is 2. The molecule has 2 aromatic heterocycles. The van der Waals surface area contributed by atoms with Crippen LogP contribution in [0.1, 0.15) is 52.1 Å². The van der Waals surface area contributed by atoms with Crippen molar-refractivity contribution < 1.29 is 4.79 Å². The summed E-state index contributed by atoms with van der Waals surface area (Å²) in [6.07, 6.45) is 5.37. The zero-order valence-corrected chi connectivity index (χ0v) is 19.9. The number of aromatic amines is 1. The Kier molecular flexibility index (Phi) is 5.17. The van der Waals surface area contributed by atoms with E-state index < -0.39 is 0 Å². The van der Waals surface area contributed by atoms with Gasteiger partial charge in [0.05, 0.1) is 11.4 Å².